The van der Waals surface area contributed by atoms with Gasteiger partial charge in [0.25, 0.3) is 11.7 Å². The van der Waals surface area contributed by atoms with Crippen molar-refractivity contribution in [3.8, 4) is 23.3 Å². The Bertz CT molecular complexity index is 1420. The third kappa shape index (κ3) is 9.77. The summed E-state index contributed by atoms with van der Waals surface area (Å²) in [5.74, 6) is 5.32. The SMILES string of the molecule is CC(C)[C@H](C(=O)N1CCC2(CC1)Oc1ccc(C#CC(=O)NCCOCCNC(=O)OC(C)(C)C)cc1O2)c1ccc(Cl)cc1. The van der Waals surface area contributed by atoms with Crippen LogP contribution in [0.15, 0.2) is 42.5 Å². The lowest BCUT2D eigenvalue weighted by Crippen LogP contribution is -2.52. The van der Waals surface area contributed by atoms with E-state index in [1.54, 1.807) is 39.0 Å². The molecule has 4 rings (SSSR count). The molecular weight excluding hydrogens is 598 g/mol. The zero-order valence-electron chi connectivity index (χ0n) is 26.5. The molecule has 0 unspecified atom stereocenters. The average Bonchev–Trinajstić information content (AvgIpc) is 3.32. The molecule has 1 fully saturated rings. The molecule has 3 amide bonds. The van der Waals surface area contributed by atoms with E-state index in [2.05, 4.69) is 36.3 Å². The summed E-state index contributed by atoms with van der Waals surface area (Å²) in [6.07, 6.45) is 0.555. The van der Waals surface area contributed by atoms with Crippen molar-refractivity contribution in [1.29, 1.82) is 0 Å². The highest BCUT2D eigenvalue weighted by Gasteiger charge is 2.46. The van der Waals surface area contributed by atoms with Crippen LogP contribution in [-0.2, 0) is 19.1 Å². The molecule has 2 aromatic carbocycles. The predicted molar refractivity (Wildman–Crippen MR) is 170 cm³/mol. The van der Waals surface area contributed by atoms with Crippen LogP contribution >= 0.6 is 11.6 Å². The van der Waals surface area contributed by atoms with Gasteiger partial charge < -0.3 is 34.5 Å². The molecule has 0 aliphatic carbocycles. The lowest BCUT2D eigenvalue weighted by atomic mass is 9.86. The standard InChI is InChI=1S/C34H42ClN3O7/c1-23(2)30(25-8-10-26(35)11-9-25)31(40)38-18-14-34(15-19-38)43-27-12-6-24(22-28(27)44-34)7-13-29(39)36-16-20-42-21-17-37-32(41)45-33(3,4)5/h6,8-12,22-23,30H,14-21H2,1-5H3,(H,36,39)(H,37,41)/t30-/m0/s1. The number of likely N-dealkylation sites (tertiary alicyclic amines) is 1. The van der Waals surface area contributed by atoms with Gasteiger partial charge >= 0.3 is 6.09 Å². The third-order valence-electron chi connectivity index (χ3n) is 7.30. The minimum Gasteiger partial charge on any atom is -0.448 e. The molecule has 242 valence electrons. The minimum atomic E-state index is -0.835. The summed E-state index contributed by atoms with van der Waals surface area (Å²) in [4.78, 5) is 39.2. The van der Waals surface area contributed by atoms with Gasteiger partial charge in [-0.3, -0.25) is 9.59 Å². The topological polar surface area (TPSA) is 115 Å². The Morgan fingerprint density at radius 3 is 2.27 bits per heavy atom. The van der Waals surface area contributed by atoms with E-state index in [4.69, 9.17) is 30.5 Å². The van der Waals surface area contributed by atoms with Gasteiger partial charge in [0.05, 0.1) is 19.1 Å². The molecule has 1 saturated heterocycles. The number of nitrogens with one attached hydrogen (secondary N) is 2. The van der Waals surface area contributed by atoms with Crippen LogP contribution in [-0.4, -0.2) is 73.6 Å². The molecule has 1 atom stereocenters. The van der Waals surface area contributed by atoms with Crippen LogP contribution in [0, 0.1) is 17.8 Å². The molecule has 2 N–H and O–H groups in total. The Kier molecular flexibility index (Phi) is 11.2. The molecule has 1 spiro atoms. The first-order chi connectivity index (χ1) is 21.3. The Hall–Kier alpha value is -3.94. The number of halogens is 1. The Labute approximate surface area is 270 Å². The summed E-state index contributed by atoms with van der Waals surface area (Å²) in [5.41, 5.74) is 1.02. The van der Waals surface area contributed by atoms with Crippen LogP contribution in [0.3, 0.4) is 0 Å². The van der Waals surface area contributed by atoms with Crippen molar-refractivity contribution in [3.63, 3.8) is 0 Å². The van der Waals surface area contributed by atoms with E-state index in [0.717, 1.165) is 5.56 Å². The van der Waals surface area contributed by atoms with Gasteiger partial charge in [-0.1, -0.05) is 43.5 Å². The maximum absolute atomic E-state index is 13.5. The Morgan fingerprint density at radius 1 is 0.978 bits per heavy atom. The highest BCUT2D eigenvalue weighted by Crippen LogP contribution is 2.44. The summed E-state index contributed by atoms with van der Waals surface area (Å²) in [7, 11) is 0. The normalized spacial score (nSPS) is 15.7. The molecule has 45 heavy (non-hydrogen) atoms. The van der Waals surface area contributed by atoms with Crippen LogP contribution < -0.4 is 20.1 Å². The monoisotopic (exact) mass is 639 g/mol. The molecule has 2 aliphatic rings. The summed E-state index contributed by atoms with van der Waals surface area (Å²) in [6.45, 7) is 11.6. The highest BCUT2D eigenvalue weighted by atomic mass is 35.5. The lowest BCUT2D eigenvalue weighted by molar-refractivity contribution is -0.148. The molecule has 0 saturated carbocycles. The van der Waals surface area contributed by atoms with E-state index in [1.807, 2.05) is 29.2 Å². The Morgan fingerprint density at radius 2 is 1.62 bits per heavy atom. The quantitative estimate of drug-likeness (QED) is 0.297. The Balaban J connectivity index is 1.21. The van der Waals surface area contributed by atoms with Gasteiger partial charge in [-0.05, 0) is 62.6 Å². The van der Waals surface area contributed by atoms with Gasteiger partial charge in [-0.2, -0.15) is 0 Å². The number of carbonyl (C=O) groups is 3. The fourth-order valence-corrected chi connectivity index (χ4v) is 5.30. The largest absolute Gasteiger partial charge is 0.448 e. The van der Waals surface area contributed by atoms with Crippen LogP contribution in [0.1, 0.15) is 64.5 Å². The van der Waals surface area contributed by atoms with Crippen molar-refractivity contribution >= 4 is 29.5 Å². The van der Waals surface area contributed by atoms with Crippen molar-refractivity contribution in [2.24, 2.45) is 5.92 Å². The predicted octanol–water partition coefficient (Wildman–Crippen LogP) is 4.88. The number of fused-ring (bicyclic) bond motifs is 1. The summed E-state index contributed by atoms with van der Waals surface area (Å²) in [5, 5.41) is 5.92. The van der Waals surface area contributed by atoms with Crippen LogP contribution in [0.5, 0.6) is 11.5 Å². The van der Waals surface area contributed by atoms with Gasteiger partial charge in [0.1, 0.15) is 5.60 Å². The maximum Gasteiger partial charge on any atom is 0.407 e. The number of carbonyl (C=O) groups excluding carboxylic acids is 3. The maximum atomic E-state index is 13.5. The summed E-state index contributed by atoms with van der Waals surface area (Å²) in [6, 6.07) is 12.8. The van der Waals surface area contributed by atoms with E-state index in [0.29, 0.717) is 54.6 Å². The minimum absolute atomic E-state index is 0.0929. The molecular formula is C34H42ClN3O7. The van der Waals surface area contributed by atoms with E-state index in [9.17, 15) is 14.4 Å². The van der Waals surface area contributed by atoms with Gasteiger partial charge in [0.15, 0.2) is 11.5 Å². The van der Waals surface area contributed by atoms with Crippen molar-refractivity contribution in [2.75, 3.05) is 39.4 Å². The second kappa shape index (κ2) is 14.9. The number of hydrogen-bond donors (Lipinski definition) is 2. The fraction of sp³-hybridized carbons (Fsp3) is 0.500. The number of alkyl carbamates (subject to hydrolysis) is 1. The number of ether oxygens (including phenoxy) is 4. The van der Waals surface area contributed by atoms with Crippen LogP contribution in [0.4, 0.5) is 4.79 Å². The molecule has 10 nitrogen and oxygen atoms in total. The van der Waals surface area contributed by atoms with Gasteiger partial charge in [-0.15, -0.1) is 0 Å². The number of benzene rings is 2. The first-order valence-electron chi connectivity index (χ1n) is 15.2. The van der Waals surface area contributed by atoms with E-state index in [1.165, 1.54) is 0 Å². The van der Waals surface area contributed by atoms with Crippen molar-refractivity contribution in [2.45, 2.75) is 64.8 Å². The van der Waals surface area contributed by atoms with Crippen LogP contribution in [0.2, 0.25) is 5.02 Å². The first kappa shape index (κ1) is 33.9. The fourth-order valence-electron chi connectivity index (χ4n) is 5.17. The average molecular weight is 640 g/mol. The molecule has 0 radical (unpaired) electrons. The van der Waals surface area contributed by atoms with Gasteiger partial charge in [0.2, 0.25) is 5.91 Å². The molecule has 2 aliphatic heterocycles. The molecule has 2 heterocycles. The zero-order chi connectivity index (χ0) is 32.6. The highest BCUT2D eigenvalue weighted by molar-refractivity contribution is 6.30. The first-order valence-corrected chi connectivity index (χ1v) is 15.6. The van der Waals surface area contributed by atoms with Gasteiger partial charge in [0, 0.05) is 55.5 Å². The number of piperidine rings is 1. The number of amides is 3. The van der Waals surface area contributed by atoms with E-state index < -0.39 is 23.4 Å². The van der Waals surface area contributed by atoms with Gasteiger partial charge in [-0.25, -0.2) is 4.79 Å². The van der Waals surface area contributed by atoms with E-state index >= 15 is 0 Å². The van der Waals surface area contributed by atoms with Crippen molar-refractivity contribution in [3.05, 3.63) is 58.6 Å². The number of rotatable bonds is 9. The number of nitrogens with zero attached hydrogens (tertiary/aromatic N) is 1. The lowest BCUT2D eigenvalue weighted by Gasteiger charge is -2.39. The third-order valence-corrected chi connectivity index (χ3v) is 7.55. The summed E-state index contributed by atoms with van der Waals surface area (Å²) >= 11 is 6.06. The van der Waals surface area contributed by atoms with Crippen LogP contribution in [0.25, 0.3) is 0 Å². The second-order valence-corrected chi connectivity index (χ2v) is 12.9. The molecule has 2 aromatic rings. The number of hydrogen-bond acceptors (Lipinski definition) is 7. The van der Waals surface area contributed by atoms with Crippen molar-refractivity contribution < 1.29 is 33.3 Å². The van der Waals surface area contributed by atoms with E-state index in [-0.39, 0.29) is 37.5 Å². The smallest absolute Gasteiger partial charge is 0.407 e. The van der Waals surface area contributed by atoms with Crippen molar-refractivity contribution in [1.82, 2.24) is 15.5 Å². The second-order valence-electron chi connectivity index (χ2n) is 12.4. The zero-order valence-corrected chi connectivity index (χ0v) is 27.3. The molecule has 11 heteroatoms. The summed E-state index contributed by atoms with van der Waals surface area (Å²) < 4.78 is 23.1. The molecule has 0 aromatic heterocycles. The molecule has 0 bridgehead atoms.